The fourth-order valence-electron chi connectivity index (χ4n) is 2.77. The van der Waals surface area contributed by atoms with Crippen LogP contribution < -0.4 is 5.32 Å². The topological polar surface area (TPSA) is 90.1 Å². The molecule has 1 aromatic heterocycles. The average molecular weight is 385 g/mol. The van der Waals surface area contributed by atoms with Crippen LogP contribution >= 0.6 is 11.6 Å². The first-order valence-electron chi connectivity index (χ1n) is 8.20. The summed E-state index contributed by atoms with van der Waals surface area (Å²) in [6.07, 6.45) is 0. The number of benzene rings is 2. The monoisotopic (exact) mass is 384 g/mol. The van der Waals surface area contributed by atoms with Gasteiger partial charge in [0, 0.05) is 22.7 Å². The highest BCUT2D eigenvalue weighted by molar-refractivity contribution is 6.31. The van der Waals surface area contributed by atoms with Gasteiger partial charge < -0.3 is 5.32 Å². The molecule has 0 atom stereocenters. The van der Waals surface area contributed by atoms with E-state index >= 15 is 0 Å². The number of aryl methyl sites for hydroxylation is 1. The molecule has 0 radical (unpaired) electrons. The number of carbonyl (C=O) groups excluding carboxylic acids is 1. The van der Waals surface area contributed by atoms with Gasteiger partial charge in [-0.2, -0.15) is 5.10 Å². The highest BCUT2D eigenvalue weighted by atomic mass is 35.5. The van der Waals surface area contributed by atoms with E-state index in [9.17, 15) is 14.9 Å². The van der Waals surface area contributed by atoms with Gasteiger partial charge in [-0.05, 0) is 31.5 Å². The van der Waals surface area contributed by atoms with E-state index in [-0.39, 0.29) is 11.3 Å². The molecule has 0 aliphatic carbocycles. The number of hydrogen-bond donors (Lipinski definition) is 1. The van der Waals surface area contributed by atoms with E-state index in [1.807, 2.05) is 31.2 Å². The van der Waals surface area contributed by atoms with Crippen LogP contribution in [-0.4, -0.2) is 20.6 Å². The van der Waals surface area contributed by atoms with E-state index in [2.05, 4.69) is 10.4 Å². The second-order valence-electron chi connectivity index (χ2n) is 6.06. The molecule has 1 heterocycles. The molecule has 8 heteroatoms. The Hall–Kier alpha value is -3.19. The van der Waals surface area contributed by atoms with Gasteiger partial charge in [0.1, 0.15) is 0 Å². The van der Waals surface area contributed by atoms with Crippen molar-refractivity contribution in [1.29, 1.82) is 0 Å². The number of rotatable bonds is 5. The zero-order chi connectivity index (χ0) is 19.6. The van der Waals surface area contributed by atoms with Crippen molar-refractivity contribution < 1.29 is 9.72 Å². The Morgan fingerprint density at radius 2 is 1.96 bits per heavy atom. The van der Waals surface area contributed by atoms with Crippen LogP contribution in [0.3, 0.4) is 0 Å². The number of non-ortho nitro benzene ring substituents is 1. The number of nitrogens with one attached hydrogen (secondary N) is 1. The molecule has 0 saturated carbocycles. The first-order valence-corrected chi connectivity index (χ1v) is 8.58. The summed E-state index contributed by atoms with van der Waals surface area (Å²) in [5.74, 6) is -0.429. The zero-order valence-corrected chi connectivity index (χ0v) is 15.5. The number of aromatic nitrogens is 2. The summed E-state index contributed by atoms with van der Waals surface area (Å²) < 4.78 is 1.76. The maximum atomic E-state index is 12.5. The molecular weight excluding hydrogens is 368 g/mol. The number of halogens is 1. The van der Waals surface area contributed by atoms with Crippen LogP contribution in [0.15, 0.2) is 48.5 Å². The third kappa shape index (κ3) is 3.98. The van der Waals surface area contributed by atoms with Crippen LogP contribution in [0.4, 0.5) is 11.4 Å². The van der Waals surface area contributed by atoms with E-state index in [4.69, 9.17) is 11.6 Å². The Labute approximate surface area is 160 Å². The van der Waals surface area contributed by atoms with Crippen molar-refractivity contribution in [3.8, 4) is 0 Å². The molecule has 1 amide bonds. The molecule has 0 saturated heterocycles. The molecule has 27 heavy (non-hydrogen) atoms. The summed E-state index contributed by atoms with van der Waals surface area (Å²) in [6, 6.07) is 13.1. The predicted molar refractivity (Wildman–Crippen MR) is 103 cm³/mol. The number of nitrogens with zero attached hydrogens (tertiary/aromatic N) is 3. The van der Waals surface area contributed by atoms with Gasteiger partial charge in [-0.3, -0.25) is 19.6 Å². The molecule has 0 aliphatic heterocycles. The number of hydrogen-bond acceptors (Lipinski definition) is 4. The summed E-state index contributed by atoms with van der Waals surface area (Å²) in [7, 11) is 0. The van der Waals surface area contributed by atoms with Crippen LogP contribution in [0.1, 0.15) is 27.3 Å². The number of amides is 1. The standard InChI is InChI=1S/C19H17ClN4O3/c1-12-18(21-19(25)14-7-5-8-16(10-14)24(26)27)13(2)23(22-12)11-15-6-3-4-9-17(15)20/h3-10H,11H2,1-2H3,(H,21,25). The van der Waals surface area contributed by atoms with Gasteiger partial charge in [0.05, 0.1) is 28.5 Å². The highest BCUT2D eigenvalue weighted by Gasteiger charge is 2.17. The average Bonchev–Trinajstić information content (AvgIpc) is 2.91. The summed E-state index contributed by atoms with van der Waals surface area (Å²) >= 11 is 6.21. The Morgan fingerprint density at radius 1 is 1.22 bits per heavy atom. The highest BCUT2D eigenvalue weighted by Crippen LogP contribution is 2.24. The lowest BCUT2D eigenvalue weighted by atomic mass is 10.2. The SMILES string of the molecule is Cc1nn(Cc2ccccc2Cl)c(C)c1NC(=O)c1cccc([N+](=O)[O-])c1. The third-order valence-corrected chi connectivity index (χ3v) is 4.59. The maximum absolute atomic E-state index is 12.5. The van der Waals surface area contributed by atoms with E-state index < -0.39 is 10.8 Å². The lowest BCUT2D eigenvalue weighted by Gasteiger charge is -2.08. The first-order chi connectivity index (χ1) is 12.9. The Morgan fingerprint density at radius 3 is 2.67 bits per heavy atom. The van der Waals surface area contributed by atoms with E-state index in [0.29, 0.717) is 22.9 Å². The van der Waals surface area contributed by atoms with E-state index in [1.165, 1.54) is 24.3 Å². The van der Waals surface area contributed by atoms with Crippen LogP contribution in [0.25, 0.3) is 0 Å². The summed E-state index contributed by atoms with van der Waals surface area (Å²) in [5.41, 5.74) is 3.00. The van der Waals surface area contributed by atoms with Crippen molar-refractivity contribution in [1.82, 2.24) is 9.78 Å². The Balaban J connectivity index is 1.85. The van der Waals surface area contributed by atoms with Gasteiger partial charge in [0.15, 0.2) is 0 Å². The lowest BCUT2D eigenvalue weighted by Crippen LogP contribution is -2.13. The molecule has 2 aromatic carbocycles. The maximum Gasteiger partial charge on any atom is 0.270 e. The van der Waals surface area contributed by atoms with Gasteiger partial charge >= 0.3 is 0 Å². The molecule has 0 aliphatic rings. The van der Waals surface area contributed by atoms with Gasteiger partial charge in [-0.25, -0.2) is 0 Å². The normalized spacial score (nSPS) is 10.6. The van der Waals surface area contributed by atoms with Gasteiger partial charge in [0.2, 0.25) is 0 Å². The van der Waals surface area contributed by atoms with Crippen molar-refractivity contribution in [2.24, 2.45) is 0 Å². The fraction of sp³-hybridized carbons (Fsp3) is 0.158. The fourth-order valence-corrected chi connectivity index (χ4v) is 2.96. The number of nitro groups is 1. The molecule has 0 bridgehead atoms. The van der Waals surface area contributed by atoms with E-state index in [0.717, 1.165) is 11.3 Å². The minimum atomic E-state index is -0.533. The molecule has 0 fully saturated rings. The minimum absolute atomic E-state index is 0.134. The number of nitro benzene ring substituents is 1. The van der Waals surface area contributed by atoms with Gasteiger partial charge in [-0.1, -0.05) is 35.9 Å². The van der Waals surface area contributed by atoms with Crippen molar-refractivity contribution in [3.63, 3.8) is 0 Å². The second-order valence-corrected chi connectivity index (χ2v) is 6.46. The third-order valence-electron chi connectivity index (χ3n) is 4.22. The summed E-state index contributed by atoms with van der Waals surface area (Å²) in [6.45, 7) is 4.11. The number of carbonyl (C=O) groups is 1. The summed E-state index contributed by atoms with van der Waals surface area (Å²) in [5, 5.41) is 18.8. The smallest absolute Gasteiger partial charge is 0.270 e. The van der Waals surface area contributed by atoms with Gasteiger partial charge in [0.25, 0.3) is 11.6 Å². The molecule has 7 nitrogen and oxygen atoms in total. The van der Waals surface area contributed by atoms with E-state index in [1.54, 1.807) is 11.6 Å². The van der Waals surface area contributed by atoms with Crippen LogP contribution in [-0.2, 0) is 6.54 Å². The van der Waals surface area contributed by atoms with Crippen molar-refractivity contribution in [2.75, 3.05) is 5.32 Å². The molecule has 138 valence electrons. The van der Waals surface area contributed by atoms with Crippen LogP contribution in [0.2, 0.25) is 5.02 Å². The Bertz CT molecular complexity index is 1030. The van der Waals surface area contributed by atoms with Gasteiger partial charge in [-0.15, -0.1) is 0 Å². The largest absolute Gasteiger partial charge is 0.319 e. The molecule has 0 unspecified atom stereocenters. The van der Waals surface area contributed by atoms with Crippen LogP contribution in [0.5, 0.6) is 0 Å². The second kappa shape index (κ2) is 7.59. The number of anilines is 1. The first kappa shape index (κ1) is 18.6. The van der Waals surface area contributed by atoms with Crippen molar-refractivity contribution >= 4 is 28.9 Å². The lowest BCUT2D eigenvalue weighted by molar-refractivity contribution is -0.384. The molecule has 3 aromatic rings. The molecule has 3 rings (SSSR count). The van der Waals surface area contributed by atoms with Crippen molar-refractivity contribution in [2.45, 2.75) is 20.4 Å². The predicted octanol–water partition coefficient (Wildman–Crippen LogP) is 4.36. The van der Waals surface area contributed by atoms with Crippen LogP contribution in [0, 0.1) is 24.0 Å². The minimum Gasteiger partial charge on any atom is -0.319 e. The molecule has 0 spiro atoms. The zero-order valence-electron chi connectivity index (χ0n) is 14.8. The Kier molecular flexibility index (Phi) is 5.23. The molecule has 1 N–H and O–H groups in total. The quantitative estimate of drug-likeness (QED) is 0.522. The van der Waals surface area contributed by atoms with Crippen molar-refractivity contribution in [3.05, 3.63) is 86.2 Å². The summed E-state index contributed by atoms with van der Waals surface area (Å²) in [4.78, 5) is 22.9. The molecular formula is C19H17ClN4O3.